The molecule has 1 atom stereocenters. The molecule has 0 spiro atoms. The van der Waals surface area contributed by atoms with E-state index < -0.39 is 22.1 Å². The van der Waals surface area contributed by atoms with Gasteiger partial charge >= 0.3 is 5.97 Å². The smallest absolute Gasteiger partial charge is 0.338 e. The number of nitrogens with one attached hydrogen (secondary N) is 1. The van der Waals surface area contributed by atoms with Crippen LogP contribution in [0.4, 0.5) is 0 Å². The van der Waals surface area contributed by atoms with E-state index in [1.165, 1.54) is 24.3 Å². The summed E-state index contributed by atoms with van der Waals surface area (Å²) in [7, 11) is -3.78. The van der Waals surface area contributed by atoms with E-state index in [0.29, 0.717) is 0 Å². The van der Waals surface area contributed by atoms with Crippen molar-refractivity contribution in [2.75, 3.05) is 6.54 Å². The maximum absolute atomic E-state index is 12.3. The van der Waals surface area contributed by atoms with Crippen molar-refractivity contribution < 1.29 is 17.9 Å². The second-order valence-corrected chi connectivity index (χ2v) is 7.06. The number of ether oxygens (including phenoxy) is 1. The van der Waals surface area contributed by atoms with E-state index in [2.05, 4.69) is 4.72 Å². The van der Waals surface area contributed by atoms with Crippen LogP contribution in [0.5, 0.6) is 0 Å². The number of benzene rings is 2. The molecule has 0 saturated carbocycles. The average Bonchev–Trinajstić information content (AvgIpc) is 2.62. The van der Waals surface area contributed by atoms with Crippen LogP contribution in [0, 0.1) is 11.3 Å². The predicted molar refractivity (Wildman–Crippen MR) is 92.1 cm³/mol. The van der Waals surface area contributed by atoms with Crippen molar-refractivity contribution >= 4 is 16.0 Å². The molecule has 7 heteroatoms. The van der Waals surface area contributed by atoms with Gasteiger partial charge in [0.05, 0.1) is 16.5 Å². The normalized spacial score (nSPS) is 12.2. The van der Waals surface area contributed by atoms with Gasteiger partial charge in [-0.2, -0.15) is 5.26 Å². The molecule has 0 unspecified atom stereocenters. The maximum atomic E-state index is 12.3. The molecule has 2 rings (SSSR count). The molecule has 0 fully saturated rings. The SMILES string of the molecule is C[C@@H](OC(=O)c1cccc(S(=O)(=O)NCCC#N)c1)c1ccccc1. The Kier molecular flexibility index (Phi) is 6.28. The summed E-state index contributed by atoms with van der Waals surface area (Å²) in [5, 5.41) is 8.48. The molecule has 0 radical (unpaired) electrons. The van der Waals surface area contributed by atoms with E-state index >= 15 is 0 Å². The van der Waals surface area contributed by atoms with Gasteiger partial charge in [0.25, 0.3) is 0 Å². The predicted octanol–water partition coefficient (Wildman–Crippen LogP) is 2.80. The topological polar surface area (TPSA) is 96.3 Å². The molecule has 2 aromatic rings. The Morgan fingerprint density at radius 1 is 1.20 bits per heavy atom. The summed E-state index contributed by atoms with van der Waals surface area (Å²) >= 11 is 0. The molecule has 0 saturated heterocycles. The number of rotatable bonds is 7. The molecule has 25 heavy (non-hydrogen) atoms. The first-order chi connectivity index (χ1) is 11.9. The van der Waals surface area contributed by atoms with Gasteiger partial charge in [0.15, 0.2) is 0 Å². The first-order valence-electron chi connectivity index (χ1n) is 7.66. The lowest BCUT2D eigenvalue weighted by Gasteiger charge is -2.14. The zero-order valence-corrected chi connectivity index (χ0v) is 14.5. The first kappa shape index (κ1) is 18.6. The third kappa shape index (κ3) is 5.14. The van der Waals surface area contributed by atoms with Crippen molar-refractivity contribution in [3.8, 4) is 6.07 Å². The van der Waals surface area contributed by atoms with Crippen molar-refractivity contribution in [1.29, 1.82) is 5.26 Å². The van der Waals surface area contributed by atoms with Crippen LogP contribution in [0.3, 0.4) is 0 Å². The summed E-state index contributed by atoms with van der Waals surface area (Å²) in [4.78, 5) is 12.2. The summed E-state index contributed by atoms with van der Waals surface area (Å²) in [5.74, 6) is -0.606. The number of nitrogens with zero attached hydrogens (tertiary/aromatic N) is 1. The number of carbonyl (C=O) groups excluding carboxylic acids is 1. The zero-order chi connectivity index (χ0) is 18.3. The molecule has 6 nitrogen and oxygen atoms in total. The Bertz CT molecular complexity index is 873. The van der Waals surface area contributed by atoms with Crippen LogP contribution in [0.15, 0.2) is 59.5 Å². The van der Waals surface area contributed by atoms with E-state index in [1.807, 2.05) is 36.4 Å². The molecular formula is C18H18N2O4S. The van der Waals surface area contributed by atoms with E-state index in [-0.39, 0.29) is 23.4 Å². The summed E-state index contributed by atoms with van der Waals surface area (Å²) in [6.07, 6.45) is -0.391. The Labute approximate surface area is 147 Å². The Balaban J connectivity index is 2.12. The molecule has 0 amide bonds. The minimum atomic E-state index is -3.78. The summed E-state index contributed by atoms with van der Waals surface area (Å²) in [6, 6.07) is 16.7. The van der Waals surface area contributed by atoms with E-state index in [4.69, 9.17) is 10.00 Å². The van der Waals surface area contributed by atoms with Crippen LogP contribution in [-0.2, 0) is 14.8 Å². The standard InChI is InChI=1S/C18H18N2O4S/c1-14(15-7-3-2-4-8-15)24-18(21)16-9-5-10-17(13-16)25(22,23)20-12-6-11-19/h2-5,7-10,13-14,20H,6,12H2,1H3/t14-/m1/s1. The van der Waals surface area contributed by atoms with Gasteiger partial charge in [-0.25, -0.2) is 17.9 Å². The van der Waals surface area contributed by atoms with Crippen molar-refractivity contribution in [2.45, 2.75) is 24.3 Å². The van der Waals surface area contributed by atoms with Crippen LogP contribution in [0.25, 0.3) is 0 Å². The maximum Gasteiger partial charge on any atom is 0.338 e. The van der Waals surface area contributed by atoms with Crippen LogP contribution < -0.4 is 4.72 Å². The lowest BCUT2D eigenvalue weighted by Crippen LogP contribution is -2.24. The molecule has 0 aliphatic carbocycles. The van der Waals surface area contributed by atoms with Crippen LogP contribution in [0.2, 0.25) is 0 Å². The van der Waals surface area contributed by atoms with Crippen molar-refractivity contribution in [2.24, 2.45) is 0 Å². The van der Waals surface area contributed by atoms with E-state index in [9.17, 15) is 13.2 Å². The molecule has 0 aliphatic heterocycles. The van der Waals surface area contributed by atoms with Gasteiger partial charge in [-0.1, -0.05) is 36.4 Å². The van der Waals surface area contributed by atoms with Gasteiger partial charge in [-0.3, -0.25) is 0 Å². The minimum absolute atomic E-state index is 0.0124. The van der Waals surface area contributed by atoms with Crippen molar-refractivity contribution in [1.82, 2.24) is 4.72 Å². The van der Waals surface area contributed by atoms with Gasteiger partial charge < -0.3 is 4.74 Å². The molecule has 0 bridgehead atoms. The Morgan fingerprint density at radius 2 is 1.92 bits per heavy atom. The number of nitriles is 1. The molecule has 0 heterocycles. The number of carbonyl (C=O) groups is 1. The molecular weight excluding hydrogens is 340 g/mol. The van der Waals surface area contributed by atoms with Gasteiger partial charge in [0, 0.05) is 13.0 Å². The van der Waals surface area contributed by atoms with E-state index in [1.54, 1.807) is 6.92 Å². The quantitative estimate of drug-likeness (QED) is 0.606. The molecule has 2 aromatic carbocycles. The third-order valence-electron chi connectivity index (χ3n) is 3.46. The van der Waals surface area contributed by atoms with Gasteiger partial charge in [-0.15, -0.1) is 0 Å². The zero-order valence-electron chi connectivity index (χ0n) is 13.7. The second-order valence-electron chi connectivity index (χ2n) is 5.29. The van der Waals surface area contributed by atoms with Gasteiger partial charge in [0.2, 0.25) is 10.0 Å². The minimum Gasteiger partial charge on any atom is -0.454 e. The van der Waals surface area contributed by atoms with Gasteiger partial charge in [-0.05, 0) is 30.7 Å². The number of hydrogen-bond donors (Lipinski definition) is 1. The Hall–Kier alpha value is -2.69. The molecule has 1 N–H and O–H groups in total. The Morgan fingerprint density at radius 3 is 2.60 bits per heavy atom. The fraction of sp³-hybridized carbons (Fsp3) is 0.222. The number of esters is 1. The molecule has 0 aliphatic rings. The second kappa shape index (κ2) is 8.42. The third-order valence-corrected chi connectivity index (χ3v) is 4.92. The van der Waals surface area contributed by atoms with Crippen LogP contribution in [-0.4, -0.2) is 20.9 Å². The highest BCUT2D eigenvalue weighted by Gasteiger charge is 2.18. The number of sulfonamides is 1. The van der Waals surface area contributed by atoms with Crippen LogP contribution >= 0.6 is 0 Å². The lowest BCUT2D eigenvalue weighted by atomic mass is 10.1. The van der Waals surface area contributed by atoms with E-state index in [0.717, 1.165) is 5.56 Å². The summed E-state index contributed by atoms with van der Waals surface area (Å²) < 4.78 is 32.0. The number of hydrogen-bond acceptors (Lipinski definition) is 5. The summed E-state index contributed by atoms with van der Waals surface area (Å²) in [6.45, 7) is 1.76. The monoisotopic (exact) mass is 358 g/mol. The molecule has 130 valence electrons. The average molecular weight is 358 g/mol. The van der Waals surface area contributed by atoms with Crippen molar-refractivity contribution in [3.63, 3.8) is 0 Å². The fourth-order valence-electron chi connectivity index (χ4n) is 2.14. The van der Waals surface area contributed by atoms with Gasteiger partial charge in [0.1, 0.15) is 6.10 Å². The summed E-state index contributed by atoms with van der Waals surface area (Å²) in [5.41, 5.74) is 0.990. The highest BCUT2D eigenvalue weighted by molar-refractivity contribution is 7.89. The van der Waals surface area contributed by atoms with Crippen molar-refractivity contribution in [3.05, 3.63) is 65.7 Å². The largest absolute Gasteiger partial charge is 0.454 e. The van der Waals surface area contributed by atoms with Crippen LogP contribution in [0.1, 0.15) is 35.4 Å². The fourth-order valence-corrected chi connectivity index (χ4v) is 3.21. The lowest BCUT2D eigenvalue weighted by molar-refractivity contribution is 0.0337. The first-order valence-corrected chi connectivity index (χ1v) is 9.15. The molecule has 0 aromatic heterocycles. The highest BCUT2D eigenvalue weighted by atomic mass is 32.2. The highest BCUT2D eigenvalue weighted by Crippen LogP contribution is 2.19.